The number of hydrogen-bond donors (Lipinski definition) is 2. The van der Waals surface area contributed by atoms with Crippen molar-refractivity contribution in [3.05, 3.63) is 23.8 Å². The second-order valence-corrected chi connectivity index (χ2v) is 6.51. The lowest BCUT2D eigenvalue weighted by Crippen LogP contribution is -2.23. The molecule has 7 nitrogen and oxygen atoms in total. The van der Waals surface area contributed by atoms with Crippen LogP contribution >= 0.6 is 0 Å². The second kappa shape index (κ2) is 6.02. The van der Waals surface area contributed by atoms with Gasteiger partial charge in [0.1, 0.15) is 6.42 Å². The van der Waals surface area contributed by atoms with Crippen LogP contribution in [-0.4, -0.2) is 43.8 Å². The Morgan fingerprint density at radius 2 is 1.90 bits per heavy atom. The molecule has 0 aromatic heterocycles. The third-order valence-electron chi connectivity index (χ3n) is 2.54. The molecule has 0 aliphatic heterocycles. The minimum absolute atomic E-state index is 0.0654. The third kappa shape index (κ3) is 3.78. The van der Waals surface area contributed by atoms with Crippen molar-refractivity contribution in [2.45, 2.75) is 18.2 Å². The van der Waals surface area contributed by atoms with E-state index in [0.29, 0.717) is 5.56 Å². The number of sulfonamides is 1. The highest BCUT2D eigenvalue weighted by atomic mass is 32.2. The first-order valence-electron chi connectivity index (χ1n) is 5.69. The number of carbonyl (C=O) groups excluding carboxylic acids is 1. The third-order valence-corrected chi connectivity index (χ3v) is 4.50. The number of nitrogens with zero attached hydrogens (tertiary/aromatic N) is 1. The highest BCUT2D eigenvalue weighted by molar-refractivity contribution is 7.89. The monoisotopic (exact) mass is 300 g/mol. The van der Waals surface area contributed by atoms with Crippen LogP contribution in [0.3, 0.4) is 0 Å². The van der Waals surface area contributed by atoms with Crippen LogP contribution in [0.4, 0.5) is 5.69 Å². The zero-order valence-corrected chi connectivity index (χ0v) is 12.2. The molecule has 0 bridgehead atoms. The summed E-state index contributed by atoms with van der Waals surface area (Å²) in [6.45, 7) is 1.64. The molecule has 2 N–H and O–H groups in total. The fourth-order valence-corrected chi connectivity index (χ4v) is 2.64. The van der Waals surface area contributed by atoms with Crippen LogP contribution in [0.2, 0.25) is 0 Å². The number of hydrogen-bond acceptors (Lipinski definition) is 4. The van der Waals surface area contributed by atoms with Gasteiger partial charge in [-0.15, -0.1) is 0 Å². The molecule has 1 aromatic carbocycles. The number of carboxylic acid groups (broad SMARTS) is 1. The van der Waals surface area contributed by atoms with E-state index in [9.17, 15) is 18.0 Å². The normalized spacial score (nSPS) is 11.4. The number of anilines is 1. The van der Waals surface area contributed by atoms with E-state index in [1.54, 1.807) is 13.0 Å². The summed E-state index contributed by atoms with van der Waals surface area (Å²) < 4.78 is 25.2. The molecule has 0 heterocycles. The number of carbonyl (C=O) groups is 2. The van der Waals surface area contributed by atoms with Gasteiger partial charge in [-0.2, -0.15) is 0 Å². The lowest BCUT2D eigenvalue weighted by molar-refractivity contribution is -0.139. The fraction of sp³-hybridized carbons (Fsp3) is 0.333. The van der Waals surface area contributed by atoms with Crippen molar-refractivity contribution >= 4 is 27.6 Å². The summed E-state index contributed by atoms with van der Waals surface area (Å²) in [6, 6.07) is 4.38. The molecule has 8 heteroatoms. The predicted octanol–water partition coefficient (Wildman–Crippen LogP) is 0.659. The molecule has 1 aromatic rings. The maximum atomic E-state index is 12.1. The van der Waals surface area contributed by atoms with E-state index >= 15 is 0 Å². The Hall–Kier alpha value is -1.93. The van der Waals surface area contributed by atoms with Gasteiger partial charge < -0.3 is 10.4 Å². The zero-order chi connectivity index (χ0) is 15.5. The van der Waals surface area contributed by atoms with Crippen molar-refractivity contribution in [3.63, 3.8) is 0 Å². The number of aryl methyl sites for hydroxylation is 1. The van der Waals surface area contributed by atoms with E-state index < -0.39 is 28.3 Å². The molecule has 0 saturated heterocycles. The zero-order valence-electron chi connectivity index (χ0n) is 11.4. The Bertz CT molecular complexity index is 637. The van der Waals surface area contributed by atoms with Crippen LogP contribution in [0.1, 0.15) is 12.0 Å². The number of rotatable bonds is 5. The molecular formula is C12H16N2O5S. The highest BCUT2D eigenvalue weighted by Crippen LogP contribution is 2.22. The Labute approximate surface area is 117 Å². The topological polar surface area (TPSA) is 104 Å². The standard InChI is InChI=1S/C12H16N2O5S/c1-8-4-5-9(13-11(15)7-12(16)17)6-10(8)20(18,19)14(2)3/h4-6H,7H2,1-3H3,(H,13,15)(H,16,17). The number of aliphatic carboxylic acids is 1. The lowest BCUT2D eigenvalue weighted by Gasteiger charge is -2.15. The summed E-state index contributed by atoms with van der Waals surface area (Å²) in [5.74, 6) is -1.97. The van der Waals surface area contributed by atoms with Gasteiger partial charge >= 0.3 is 5.97 Å². The first-order valence-corrected chi connectivity index (χ1v) is 7.13. The average Bonchev–Trinajstić information content (AvgIpc) is 2.30. The highest BCUT2D eigenvalue weighted by Gasteiger charge is 2.20. The molecule has 1 rings (SSSR count). The molecular weight excluding hydrogens is 284 g/mol. The summed E-state index contributed by atoms with van der Waals surface area (Å²) in [4.78, 5) is 21.8. The van der Waals surface area contributed by atoms with Crippen LogP contribution in [0.25, 0.3) is 0 Å². The van der Waals surface area contributed by atoms with E-state index in [0.717, 1.165) is 4.31 Å². The van der Waals surface area contributed by atoms with Crippen molar-refractivity contribution in [2.75, 3.05) is 19.4 Å². The lowest BCUT2D eigenvalue weighted by atomic mass is 10.2. The average molecular weight is 300 g/mol. The van der Waals surface area contributed by atoms with Gasteiger partial charge in [0.15, 0.2) is 0 Å². The predicted molar refractivity (Wildman–Crippen MR) is 72.9 cm³/mol. The summed E-state index contributed by atoms with van der Waals surface area (Å²) in [5.41, 5.74) is 0.775. The number of benzene rings is 1. The Balaban J connectivity index is 3.10. The van der Waals surface area contributed by atoms with Gasteiger partial charge in [0.2, 0.25) is 15.9 Å². The van der Waals surface area contributed by atoms with E-state index in [4.69, 9.17) is 5.11 Å². The van der Waals surface area contributed by atoms with Crippen molar-refractivity contribution < 1.29 is 23.1 Å². The summed E-state index contributed by atoms with van der Waals surface area (Å²) in [5, 5.41) is 10.8. The molecule has 0 radical (unpaired) electrons. The van der Waals surface area contributed by atoms with E-state index in [2.05, 4.69) is 5.32 Å². The van der Waals surface area contributed by atoms with Crippen molar-refractivity contribution in [1.82, 2.24) is 4.31 Å². The quantitative estimate of drug-likeness (QED) is 0.777. The Kier molecular flexibility index (Phi) is 4.85. The molecule has 0 saturated carbocycles. The molecule has 110 valence electrons. The van der Waals surface area contributed by atoms with Gasteiger partial charge in [0.25, 0.3) is 0 Å². The minimum Gasteiger partial charge on any atom is -0.481 e. The Morgan fingerprint density at radius 3 is 2.40 bits per heavy atom. The van der Waals surface area contributed by atoms with Gasteiger partial charge in [0, 0.05) is 19.8 Å². The van der Waals surface area contributed by atoms with E-state index in [-0.39, 0.29) is 10.6 Å². The smallest absolute Gasteiger partial charge is 0.312 e. The van der Waals surface area contributed by atoms with E-state index in [1.807, 2.05) is 0 Å². The first kappa shape index (κ1) is 16.1. The molecule has 0 spiro atoms. The van der Waals surface area contributed by atoms with Crippen LogP contribution in [0.5, 0.6) is 0 Å². The number of amides is 1. The molecule has 0 aliphatic rings. The van der Waals surface area contributed by atoms with Crippen molar-refractivity contribution in [2.24, 2.45) is 0 Å². The summed E-state index contributed by atoms with van der Waals surface area (Å²) in [7, 11) is -0.809. The maximum Gasteiger partial charge on any atom is 0.312 e. The van der Waals surface area contributed by atoms with Crippen LogP contribution in [-0.2, 0) is 19.6 Å². The summed E-state index contributed by atoms with van der Waals surface area (Å²) >= 11 is 0. The molecule has 0 aliphatic carbocycles. The van der Waals surface area contributed by atoms with Gasteiger partial charge in [-0.05, 0) is 24.6 Å². The van der Waals surface area contributed by atoms with Gasteiger partial charge in [-0.1, -0.05) is 6.07 Å². The van der Waals surface area contributed by atoms with E-state index in [1.165, 1.54) is 26.2 Å². The Morgan fingerprint density at radius 1 is 1.30 bits per heavy atom. The largest absolute Gasteiger partial charge is 0.481 e. The summed E-state index contributed by atoms with van der Waals surface area (Å²) in [6.07, 6.45) is -0.677. The molecule has 0 atom stereocenters. The molecule has 20 heavy (non-hydrogen) atoms. The van der Waals surface area contributed by atoms with Gasteiger partial charge in [0.05, 0.1) is 4.90 Å². The molecule has 0 fully saturated rings. The second-order valence-electron chi connectivity index (χ2n) is 4.39. The molecule has 1 amide bonds. The van der Waals surface area contributed by atoms with Crippen molar-refractivity contribution in [3.8, 4) is 0 Å². The van der Waals surface area contributed by atoms with Gasteiger partial charge in [-0.25, -0.2) is 12.7 Å². The van der Waals surface area contributed by atoms with Gasteiger partial charge in [-0.3, -0.25) is 9.59 Å². The molecule has 0 unspecified atom stereocenters. The van der Waals surface area contributed by atoms with Crippen LogP contribution in [0.15, 0.2) is 23.1 Å². The van der Waals surface area contributed by atoms with Crippen LogP contribution < -0.4 is 5.32 Å². The number of carboxylic acids is 1. The first-order chi connectivity index (χ1) is 9.14. The van der Waals surface area contributed by atoms with Crippen LogP contribution in [0, 0.1) is 6.92 Å². The van der Waals surface area contributed by atoms with Crippen molar-refractivity contribution in [1.29, 1.82) is 0 Å². The maximum absolute atomic E-state index is 12.1. The number of nitrogens with one attached hydrogen (secondary N) is 1. The SMILES string of the molecule is Cc1ccc(NC(=O)CC(=O)O)cc1S(=O)(=O)N(C)C. The minimum atomic E-state index is -3.62. The fourth-order valence-electron chi connectivity index (χ4n) is 1.49.